The van der Waals surface area contributed by atoms with Gasteiger partial charge >= 0.3 is 6.09 Å². The predicted molar refractivity (Wildman–Crippen MR) is 86.9 cm³/mol. The fourth-order valence-corrected chi connectivity index (χ4v) is 2.99. The number of carbonyl (C=O) groups excluding carboxylic acids is 1. The van der Waals surface area contributed by atoms with Crippen LogP contribution in [0.15, 0.2) is 0 Å². The molecular formula is C17H32N2O3. The van der Waals surface area contributed by atoms with E-state index in [0.717, 1.165) is 26.2 Å². The molecule has 1 saturated carbocycles. The van der Waals surface area contributed by atoms with E-state index in [4.69, 9.17) is 9.47 Å². The monoisotopic (exact) mass is 312 g/mol. The number of hydrogen-bond donors (Lipinski definition) is 2. The summed E-state index contributed by atoms with van der Waals surface area (Å²) in [5.74, 6) is 1.24. The van der Waals surface area contributed by atoms with Gasteiger partial charge in [-0.2, -0.15) is 0 Å². The molecule has 0 radical (unpaired) electrons. The SMILES string of the molecule is CC(C)(C)OC(=O)NCC(C)(NCC1CCCOC1)C1CC1. The molecule has 1 saturated heterocycles. The largest absolute Gasteiger partial charge is 0.444 e. The number of rotatable bonds is 6. The average molecular weight is 312 g/mol. The van der Waals surface area contributed by atoms with Gasteiger partial charge in [0.05, 0.1) is 6.61 Å². The molecule has 22 heavy (non-hydrogen) atoms. The van der Waals surface area contributed by atoms with E-state index >= 15 is 0 Å². The van der Waals surface area contributed by atoms with Crippen molar-refractivity contribution in [2.75, 3.05) is 26.3 Å². The van der Waals surface area contributed by atoms with Crippen LogP contribution in [0.4, 0.5) is 4.79 Å². The number of amides is 1. The molecule has 2 fully saturated rings. The summed E-state index contributed by atoms with van der Waals surface area (Å²) in [6, 6.07) is 0. The van der Waals surface area contributed by atoms with Gasteiger partial charge in [-0.05, 0) is 65.2 Å². The number of nitrogens with one attached hydrogen (secondary N) is 2. The summed E-state index contributed by atoms with van der Waals surface area (Å²) in [4.78, 5) is 11.9. The molecule has 2 unspecified atom stereocenters. The van der Waals surface area contributed by atoms with Gasteiger partial charge in [0.25, 0.3) is 0 Å². The third kappa shape index (κ3) is 5.76. The summed E-state index contributed by atoms with van der Waals surface area (Å²) in [5.41, 5.74) is -0.499. The van der Waals surface area contributed by atoms with Crippen LogP contribution in [0.25, 0.3) is 0 Å². The Bertz CT molecular complexity index is 371. The van der Waals surface area contributed by atoms with Gasteiger partial charge in [0.2, 0.25) is 0 Å². The molecule has 1 aliphatic carbocycles. The van der Waals surface area contributed by atoms with Crippen LogP contribution < -0.4 is 10.6 Å². The first-order valence-electron chi connectivity index (χ1n) is 8.58. The minimum atomic E-state index is -0.451. The Kier molecular flexibility index (Phi) is 5.72. The standard InChI is InChI=1S/C17H32N2O3/c1-16(2,3)22-15(20)18-12-17(4,14-7-8-14)19-10-13-6-5-9-21-11-13/h13-14,19H,5-12H2,1-4H3,(H,18,20). The van der Waals surface area contributed by atoms with E-state index in [2.05, 4.69) is 17.6 Å². The van der Waals surface area contributed by atoms with Crippen molar-refractivity contribution in [2.45, 2.75) is 64.5 Å². The molecule has 0 bridgehead atoms. The minimum absolute atomic E-state index is 0.0473. The van der Waals surface area contributed by atoms with Crippen LogP contribution in [0, 0.1) is 11.8 Å². The van der Waals surface area contributed by atoms with Crippen LogP contribution in [0.3, 0.4) is 0 Å². The molecule has 1 heterocycles. The van der Waals surface area contributed by atoms with Crippen molar-refractivity contribution in [1.29, 1.82) is 0 Å². The molecule has 0 spiro atoms. The molecule has 5 nitrogen and oxygen atoms in total. The zero-order valence-corrected chi connectivity index (χ0v) is 14.5. The lowest BCUT2D eigenvalue weighted by Crippen LogP contribution is -2.55. The van der Waals surface area contributed by atoms with Crippen molar-refractivity contribution in [1.82, 2.24) is 10.6 Å². The topological polar surface area (TPSA) is 59.6 Å². The summed E-state index contributed by atoms with van der Waals surface area (Å²) < 4.78 is 10.9. The molecule has 0 aromatic heterocycles. The summed E-state index contributed by atoms with van der Waals surface area (Å²) in [7, 11) is 0. The van der Waals surface area contributed by atoms with Crippen molar-refractivity contribution < 1.29 is 14.3 Å². The van der Waals surface area contributed by atoms with E-state index in [1.165, 1.54) is 19.3 Å². The van der Waals surface area contributed by atoms with E-state index in [9.17, 15) is 4.79 Å². The lowest BCUT2D eigenvalue weighted by Gasteiger charge is -2.34. The second-order valence-electron chi connectivity index (χ2n) is 8.01. The first-order chi connectivity index (χ1) is 10.3. The van der Waals surface area contributed by atoms with Crippen LogP contribution in [0.1, 0.15) is 53.4 Å². The first-order valence-corrected chi connectivity index (χ1v) is 8.58. The van der Waals surface area contributed by atoms with Gasteiger partial charge in [0, 0.05) is 25.2 Å². The van der Waals surface area contributed by atoms with E-state index in [0.29, 0.717) is 18.4 Å². The van der Waals surface area contributed by atoms with Crippen molar-refractivity contribution in [3.05, 3.63) is 0 Å². The van der Waals surface area contributed by atoms with Crippen LogP contribution in [-0.4, -0.2) is 43.5 Å². The normalized spacial score (nSPS) is 25.4. The average Bonchev–Trinajstić information content (AvgIpc) is 3.27. The summed E-state index contributed by atoms with van der Waals surface area (Å²) in [6.45, 7) is 11.2. The molecule has 2 N–H and O–H groups in total. The molecule has 2 rings (SSSR count). The Morgan fingerprint density at radius 3 is 2.50 bits per heavy atom. The number of hydrogen-bond acceptors (Lipinski definition) is 4. The molecule has 2 aliphatic rings. The number of carbonyl (C=O) groups is 1. The molecule has 2 atom stereocenters. The van der Waals surface area contributed by atoms with E-state index in [-0.39, 0.29) is 11.6 Å². The smallest absolute Gasteiger partial charge is 0.407 e. The second-order valence-corrected chi connectivity index (χ2v) is 8.01. The van der Waals surface area contributed by atoms with Crippen molar-refractivity contribution >= 4 is 6.09 Å². The van der Waals surface area contributed by atoms with Gasteiger partial charge in [0.1, 0.15) is 5.60 Å². The predicted octanol–water partition coefficient (Wildman–Crippen LogP) is 2.70. The maximum atomic E-state index is 11.9. The van der Waals surface area contributed by atoms with Gasteiger partial charge in [-0.15, -0.1) is 0 Å². The molecule has 0 aromatic rings. The van der Waals surface area contributed by atoms with Crippen LogP contribution in [-0.2, 0) is 9.47 Å². The Hall–Kier alpha value is -0.810. The quantitative estimate of drug-likeness (QED) is 0.792. The van der Waals surface area contributed by atoms with Crippen molar-refractivity contribution in [2.24, 2.45) is 11.8 Å². The minimum Gasteiger partial charge on any atom is -0.444 e. The van der Waals surface area contributed by atoms with Crippen molar-refractivity contribution in [3.63, 3.8) is 0 Å². The van der Waals surface area contributed by atoms with Gasteiger partial charge < -0.3 is 20.1 Å². The van der Waals surface area contributed by atoms with Gasteiger partial charge in [0.15, 0.2) is 0 Å². The highest BCUT2D eigenvalue weighted by molar-refractivity contribution is 5.67. The van der Waals surface area contributed by atoms with Gasteiger partial charge in [-0.3, -0.25) is 0 Å². The Morgan fingerprint density at radius 2 is 1.95 bits per heavy atom. The van der Waals surface area contributed by atoms with Crippen LogP contribution >= 0.6 is 0 Å². The molecule has 1 amide bonds. The van der Waals surface area contributed by atoms with E-state index in [1.807, 2.05) is 20.8 Å². The van der Waals surface area contributed by atoms with E-state index in [1.54, 1.807) is 0 Å². The maximum Gasteiger partial charge on any atom is 0.407 e. The third-order valence-electron chi connectivity index (χ3n) is 4.53. The summed E-state index contributed by atoms with van der Waals surface area (Å²) in [5, 5.41) is 6.63. The fraction of sp³-hybridized carbons (Fsp3) is 0.941. The lowest BCUT2D eigenvalue weighted by atomic mass is 9.93. The highest BCUT2D eigenvalue weighted by Crippen LogP contribution is 2.39. The lowest BCUT2D eigenvalue weighted by molar-refractivity contribution is 0.0463. The highest BCUT2D eigenvalue weighted by Gasteiger charge is 2.41. The van der Waals surface area contributed by atoms with Crippen LogP contribution in [0.5, 0.6) is 0 Å². The van der Waals surface area contributed by atoms with Gasteiger partial charge in [-0.1, -0.05) is 0 Å². The molecule has 128 valence electrons. The maximum absolute atomic E-state index is 11.9. The van der Waals surface area contributed by atoms with Crippen LogP contribution in [0.2, 0.25) is 0 Å². The zero-order valence-electron chi connectivity index (χ0n) is 14.5. The van der Waals surface area contributed by atoms with Gasteiger partial charge in [-0.25, -0.2) is 4.79 Å². The Balaban J connectivity index is 1.78. The first kappa shape index (κ1) is 17.5. The van der Waals surface area contributed by atoms with E-state index < -0.39 is 5.60 Å². The number of alkyl carbamates (subject to hydrolysis) is 1. The second kappa shape index (κ2) is 7.18. The summed E-state index contributed by atoms with van der Waals surface area (Å²) >= 11 is 0. The highest BCUT2D eigenvalue weighted by atomic mass is 16.6. The molecule has 5 heteroatoms. The summed E-state index contributed by atoms with van der Waals surface area (Å²) in [6.07, 6.45) is 4.53. The molecule has 1 aliphatic heterocycles. The fourth-order valence-electron chi connectivity index (χ4n) is 2.99. The van der Waals surface area contributed by atoms with Crippen molar-refractivity contribution in [3.8, 4) is 0 Å². The zero-order chi connectivity index (χ0) is 16.2. The third-order valence-corrected chi connectivity index (χ3v) is 4.53. The number of ether oxygens (including phenoxy) is 2. The Morgan fingerprint density at radius 1 is 1.23 bits per heavy atom. The Labute approximate surface area is 134 Å². The molecule has 0 aromatic carbocycles. The molecular weight excluding hydrogens is 280 g/mol.